The number of carbonyl (C=O) groups is 1. The van der Waals surface area contributed by atoms with Gasteiger partial charge in [-0.05, 0) is 31.6 Å². The SMILES string of the molecule is CC(=O)C1[C@H]2CCCCCC[C@@H]12. The number of hydrogen-bond acceptors (Lipinski definition) is 1. The van der Waals surface area contributed by atoms with Gasteiger partial charge in [0, 0.05) is 5.92 Å². The second-order valence-electron chi connectivity index (χ2n) is 4.46. The van der Waals surface area contributed by atoms with E-state index in [1.165, 1.54) is 38.5 Å². The molecule has 0 aliphatic heterocycles. The summed E-state index contributed by atoms with van der Waals surface area (Å²) >= 11 is 0. The first-order valence-corrected chi connectivity index (χ1v) is 5.31. The molecule has 2 saturated carbocycles. The van der Waals surface area contributed by atoms with E-state index in [1.807, 2.05) is 0 Å². The van der Waals surface area contributed by atoms with Crippen LogP contribution in [0.2, 0.25) is 0 Å². The molecule has 68 valence electrons. The van der Waals surface area contributed by atoms with Crippen LogP contribution in [-0.4, -0.2) is 5.78 Å². The zero-order chi connectivity index (χ0) is 8.55. The minimum Gasteiger partial charge on any atom is -0.300 e. The number of hydrogen-bond donors (Lipinski definition) is 0. The van der Waals surface area contributed by atoms with Gasteiger partial charge in [0.05, 0.1) is 0 Å². The van der Waals surface area contributed by atoms with Gasteiger partial charge >= 0.3 is 0 Å². The average molecular weight is 166 g/mol. The fraction of sp³-hybridized carbons (Fsp3) is 0.909. The van der Waals surface area contributed by atoms with Gasteiger partial charge in [0.15, 0.2) is 0 Å². The Bertz CT molecular complexity index is 171. The van der Waals surface area contributed by atoms with Crippen molar-refractivity contribution in [2.45, 2.75) is 45.4 Å². The van der Waals surface area contributed by atoms with E-state index < -0.39 is 0 Å². The molecular formula is C11H18O. The summed E-state index contributed by atoms with van der Waals surface area (Å²) in [6, 6.07) is 0. The van der Waals surface area contributed by atoms with Gasteiger partial charge in [-0.25, -0.2) is 0 Å². The zero-order valence-electron chi connectivity index (χ0n) is 7.88. The predicted molar refractivity (Wildman–Crippen MR) is 48.9 cm³/mol. The van der Waals surface area contributed by atoms with Gasteiger partial charge in [-0.2, -0.15) is 0 Å². The van der Waals surface area contributed by atoms with Gasteiger partial charge in [-0.1, -0.05) is 25.7 Å². The molecule has 0 spiro atoms. The molecule has 0 N–H and O–H groups in total. The molecule has 3 atom stereocenters. The van der Waals surface area contributed by atoms with Gasteiger partial charge in [-0.3, -0.25) is 4.79 Å². The maximum absolute atomic E-state index is 11.2. The van der Waals surface area contributed by atoms with Crippen LogP contribution >= 0.6 is 0 Å². The Morgan fingerprint density at radius 3 is 1.92 bits per heavy atom. The highest BCUT2D eigenvalue weighted by Gasteiger charge is 2.51. The predicted octanol–water partition coefficient (Wildman–Crippen LogP) is 2.79. The smallest absolute Gasteiger partial charge is 0.133 e. The van der Waals surface area contributed by atoms with Crippen LogP contribution in [-0.2, 0) is 4.79 Å². The summed E-state index contributed by atoms with van der Waals surface area (Å²) in [5.74, 6) is 2.51. The Morgan fingerprint density at radius 1 is 1.00 bits per heavy atom. The van der Waals surface area contributed by atoms with E-state index >= 15 is 0 Å². The first-order valence-electron chi connectivity index (χ1n) is 5.31. The van der Waals surface area contributed by atoms with E-state index in [1.54, 1.807) is 6.92 Å². The molecule has 0 saturated heterocycles. The van der Waals surface area contributed by atoms with Crippen molar-refractivity contribution in [2.24, 2.45) is 17.8 Å². The first-order chi connectivity index (χ1) is 5.80. The normalized spacial score (nSPS) is 40.9. The molecule has 2 rings (SSSR count). The minimum absolute atomic E-state index is 0.451. The molecule has 2 aliphatic carbocycles. The fourth-order valence-corrected chi connectivity index (χ4v) is 2.95. The molecule has 1 heteroatoms. The fourth-order valence-electron chi connectivity index (χ4n) is 2.95. The number of Topliss-reactive ketones (excluding diaryl/α,β-unsaturated/α-hetero) is 1. The van der Waals surface area contributed by atoms with Crippen molar-refractivity contribution in [3.63, 3.8) is 0 Å². The molecule has 0 radical (unpaired) electrons. The van der Waals surface area contributed by atoms with E-state index in [0.717, 1.165) is 11.8 Å². The van der Waals surface area contributed by atoms with Crippen LogP contribution in [0, 0.1) is 17.8 Å². The van der Waals surface area contributed by atoms with Gasteiger partial charge in [0.2, 0.25) is 0 Å². The van der Waals surface area contributed by atoms with E-state index in [4.69, 9.17) is 0 Å². The molecule has 1 nitrogen and oxygen atoms in total. The van der Waals surface area contributed by atoms with Crippen LogP contribution in [0.25, 0.3) is 0 Å². The highest BCUT2D eigenvalue weighted by atomic mass is 16.1. The molecule has 12 heavy (non-hydrogen) atoms. The molecule has 0 heterocycles. The van der Waals surface area contributed by atoms with E-state index in [2.05, 4.69) is 0 Å². The van der Waals surface area contributed by atoms with Crippen LogP contribution in [0.15, 0.2) is 0 Å². The van der Waals surface area contributed by atoms with E-state index in [9.17, 15) is 4.79 Å². The number of ketones is 1. The van der Waals surface area contributed by atoms with Gasteiger partial charge in [0.1, 0.15) is 5.78 Å². The van der Waals surface area contributed by atoms with Crippen LogP contribution in [0.3, 0.4) is 0 Å². The Hall–Kier alpha value is -0.330. The highest BCUT2D eigenvalue weighted by Crippen LogP contribution is 2.53. The van der Waals surface area contributed by atoms with Crippen molar-refractivity contribution in [3.05, 3.63) is 0 Å². The van der Waals surface area contributed by atoms with Crippen molar-refractivity contribution in [1.82, 2.24) is 0 Å². The molecule has 0 aromatic carbocycles. The quantitative estimate of drug-likeness (QED) is 0.585. The lowest BCUT2D eigenvalue weighted by Gasteiger charge is -2.05. The van der Waals surface area contributed by atoms with Crippen LogP contribution < -0.4 is 0 Å². The van der Waals surface area contributed by atoms with Crippen molar-refractivity contribution in [1.29, 1.82) is 0 Å². The van der Waals surface area contributed by atoms with Crippen LogP contribution in [0.4, 0.5) is 0 Å². The lowest BCUT2D eigenvalue weighted by Crippen LogP contribution is -1.95. The summed E-state index contributed by atoms with van der Waals surface area (Å²) in [7, 11) is 0. The number of carbonyl (C=O) groups excluding carboxylic acids is 1. The maximum atomic E-state index is 11.2. The van der Waals surface area contributed by atoms with Crippen molar-refractivity contribution in [2.75, 3.05) is 0 Å². The summed E-state index contributed by atoms with van der Waals surface area (Å²) in [4.78, 5) is 11.2. The monoisotopic (exact) mass is 166 g/mol. The standard InChI is InChI=1S/C11H18O/c1-8(12)11-9-6-4-2-3-5-7-10(9)11/h9-11H,2-7H2,1H3/t9-,10+,11?. The lowest BCUT2D eigenvalue weighted by atomic mass is 10.0. The van der Waals surface area contributed by atoms with Crippen LogP contribution in [0.5, 0.6) is 0 Å². The summed E-state index contributed by atoms with van der Waals surface area (Å²) < 4.78 is 0. The zero-order valence-corrected chi connectivity index (χ0v) is 7.88. The second-order valence-corrected chi connectivity index (χ2v) is 4.46. The Kier molecular flexibility index (Phi) is 2.20. The molecule has 0 amide bonds. The van der Waals surface area contributed by atoms with Crippen molar-refractivity contribution >= 4 is 5.78 Å². The number of fused-ring (bicyclic) bond motifs is 1. The maximum Gasteiger partial charge on any atom is 0.133 e. The third-order valence-electron chi connectivity index (χ3n) is 3.63. The largest absolute Gasteiger partial charge is 0.300 e. The van der Waals surface area contributed by atoms with Crippen molar-refractivity contribution < 1.29 is 4.79 Å². The summed E-state index contributed by atoms with van der Waals surface area (Å²) in [6.45, 7) is 1.77. The Balaban J connectivity index is 1.93. The molecule has 1 unspecified atom stereocenters. The summed E-state index contributed by atoms with van der Waals surface area (Å²) in [5.41, 5.74) is 0. The van der Waals surface area contributed by atoms with Gasteiger partial charge < -0.3 is 0 Å². The molecule has 0 aromatic heterocycles. The third kappa shape index (κ3) is 1.41. The lowest BCUT2D eigenvalue weighted by molar-refractivity contribution is -0.118. The molecule has 0 bridgehead atoms. The molecular weight excluding hydrogens is 148 g/mol. The van der Waals surface area contributed by atoms with Gasteiger partial charge in [0.25, 0.3) is 0 Å². The summed E-state index contributed by atoms with van der Waals surface area (Å²) in [6.07, 6.45) is 8.18. The first kappa shape index (κ1) is 8.28. The van der Waals surface area contributed by atoms with Crippen LogP contribution in [0.1, 0.15) is 45.4 Å². The van der Waals surface area contributed by atoms with E-state index in [0.29, 0.717) is 11.7 Å². The average Bonchev–Trinajstić information content (AvgIpc) is 2.60. The topological polar surface area (TPSA) is 17.1 Å². The third-order valence-corrected chi connectivity index (χ3v) is 3.63. The molecule has 0 aromatic rings. The minimum atomic E-state index is 0.451. The Morgan fingerprint density at radius 2 is 1.50 bits per heavy atom. The molecule has 2 fully saturated rings. The van der Waals surface area contributed by atoms with Gasteiger partial charge in [-0.15, -0.1) is 0 Å². The Labute approximate surface area is 74.5 Å². The van der Waals surface area contributed by atoms with Crippen molar-refractivity contribution in [3.8, 4) is 0 Å². The summed E-state index contributed by atoms with van der Waals surface area (Å²) in [5, 5.41) is 0. The van der Waals surface area contributed by atoms with E-state index in [-0.39, 0.29) is 0 Å². The molecule has 2 aliphatic rings. The number of rotatable bonds is 1. The highest BCUT2D eigenvalue weighted by molar-refractivity contribution is 5.81. The second kappa shape index (κ2) is 3.20.